The van der Waals surface area contributed by atoms with Crippen molar-refractivity contribution in [3.05, 3.63) is 15.6 Å². The first-order valence-electron chi connectivity index (χ1n) is 7.15. The average molecular weight is 281 g/mol. The Balaban J connectivity index is 2.02. The quantitative estimate of drug-likeness (QED) is 0.907. The Morgan fingerprint density at radius 3 is 2.53 bits per heavy atom. The van der Waals surface area contributed by atoms with E-state index in [1.807, 2.05) is 6.92 Å². The van der Waals surface area contributed by atoms with Crippen LogP contribution in [0, 0.1) is 18.8 Å². The van der Waals surface area contributed by atoms with E-state index in [1.54, 1.807) is 11.3 Å². The van der Waals surface area contributed by atoms with Crippen molar-refractivity contribution in [3.63, 3.8) is 0 Å². The normalized spacial score (nSPS) is 23.8. The highest BCUT2D eigenvalue weighted by molar-refractivity contribution is 7.11. The molecule has 3 nitrogen and oxygen atoms in total. The van der Waals surface area contributed by atoms with Gasteiger partial charge in [0.05, 0.1) is 17.1 Å². The van der Waals surface area contributed by atoms with Crippen LogP contribution in [0.3, 0.4) is 0 Å². The van der Waals surface area contributed by atoms with Crippen molar-refractivity contribution in [2.75, 3.05) is 0 Å². The Hall–Kier alpha value is -0.900. The first kappa shape index (κ1) is 14.5. The summed E-state index contributed by atoms with van der Waals surface area (Å²) < 4.78 is 0. The Morgan fingerprint density at radius 1 is 1.37 bits per heavy atom. The maximum Gasteiger partial charge on any atom is 0.308 e. The minimum atomic E-state index is -0.762. The Kier molecular flexibility index (Phi) is 4.61. The average Bonchev–Trinajstić information content (AvgIpc) is 2.70. The second-order valence-corrected chi connectivity index (χ2v) is 7.10. The molecule has 1 saturated carbocycles. The molecule has 1 aromatic heterocycles. The van der Waals surface area contributed by atoms with Gasteiger partial charge in [-0.15, -0.1) is 11.3 Å². The maximum atomic E-state index is 10.8. The van der Waals surface area contributed by atoms with Crippen LogP contribution < -0.4 is 0 Å². The van der Waals surface area contributed by atoms with Crippen LogP contribution in [0.25, 0.3) is 0 Å². The third-order valence-corrected chi connectivity index (χ3v) is 5.60. The molecule has 1 aliphatic carbocycles. The van der Waals surface area contributed by atoms with Crippen LogP contribution in [0.15, 0.2) is 0 Å². The summed E-state index contributed by atoms with van der Waals surface area (Å²) in [5, 5.41) is 10.0. The molecule has 1 fully saturated rings. The highest BCUT2D eigenvalue weighted by atomic mass is 32.1. The van der Waals surface area contributed by atoms with Crippen LogP contribution in [0.4, 0.5) is 0 Å². The molecule has 1 aromatic rings. The van der Waals surface area contributed by atoms with Gasteiger partial charge in [0.2, 0.25) is 0 Å². The largest absolute Gasteiger partial charge is 0.481 e. The number of carboxylic acid groups (broad SMARTS) is 1. The summed E-state index contributed by atoms with van der Waals surface area (Å²) in [5.41, 5.74) is 0.911. The number of aromatic nitrogens is 1. The number of thiazole rings is 1. The van der Waals surface area contributed by atoms with Gasteiger partial charge in [-0.25, -0.2) is 4.98 Å². The summed E-state index contributed by atoms with van der Waals surface area (Å²) in [6.45, 7) is 6.55. The van der Waals surface area contributed by atoms with Gasteiger partial charge < -0.3 is 5.11 Å². The summed E-state index contributed by atoms with van der Waals surface area (Å²) in [7, 11) is 0. The molecule has 1 aliphatic rings. The van der Waals surface area contributed by atoms with Crippen LogP contribution in [0.2, 0.25) is 0 Å². The van der Waals surface area contributed by atoms with Gasteiger partial charge in [-0.2, -0.15) is 0 Å². The fraction of sp³-hybridized carbons (Fsp3) is 0.733. The fourth-order valence-corrected chi connectivity index (χ4v) is 4.19. The Morgan fingerprint density at radius 2 is 2.00 bits per heavy atom. The molecule has 0 atom stereocenters. The predicted octanol–water partition coefficient (Wildman–Crippen LogP) is 4.01. The first-order chi connectivity index (χ1) is 8.97. The fourth-order valence-electron chi connectivity index (χ4n) is 2.96. The number of carbonyl (C=O) groups is 1. The molecule has 0 aliphatic heterocycles. The van der Waals surface area contributed by atoms with Crippen LogP contribution in [-0.4, -0.2) is 16.1 Å². The molecule has 0 spiro atoms. The molecule has 1 N–H and O–H groups in total. The van der Waals surface area contributed by atoms with Gasteiger partial charge in [-0.1, -0.05) is 13.8 Å². The number of aryl methyl sites for hydroxylation is 1. The molecule has 0 aromatic carbocycles. The molecule has 0 unspecified atom stereocenters. The van der Waals surface area contributed by atoms with Crippen molar-refractivity contribution in [3.8, 4) is 0 Å². The van der Waals surface area contributed by atoms with E-state index < -0.39 is 5.97 Å². The predicted molar refractivity (Wildman–Crippen MR) is 77.7 cm³/mol. The number of carboxylic acids is 1. The molecular weight excluding hydrogens is 258 g/mol. The minimum Gasteiger partial charge on any atom is -0.481 e. The van der Waals surface area contributed by atoms with E-state index in [0.29, 0.717) is 5.92 Å². The monoisotopic (exact) mass is 281 g/mol. The lowest BCUT2D eigenvalue weighted by Crippen LogP contribution is -2.17. The molecule has 0 amide bonds. The molecule has 0 bridgehead atoms. The molecule has 0 radical (unpaired) electrons. The van der Waals surface area contributed by atoms with Crippen molar-refractivity contribution in [1.82, 2.24) is 4.98 Å². The summed E-state index contributed by atoms with van der Waals surface area (Å²) in [5.74, 6) is 1.43. The number of hydrogen-bond acceptors (Lipinski definition) is 3. The van der Waals surface area contributed by atoms with Gasteiger partial charge in [-0.3, -0.25) is 4.79 Å². The zero-order valence-electron chi connectivity index (χ0n) is 12.0. The third-order valence-electron chi connectivity index (χ3n) is 4.28. The second-order valence-electron chi connectivity index (χ2n) is 5.99. The SMILES string of the molecule is Cc1nc(C2CCC(C(C)C)CC2)sc1CC(=O)O. The molecule has 1 heterocycles. The van der Waals surface area contributed by atoms with Crippen LogP contribution >= 0.6 is 11.3 Å². The Labute approximate surface area is 119 Å². The van der Waals surface area contributed by atoms with Gasteiger partial charge in [0, 0.05) is 10.8 Å². The number of aliphatic carboxylic acids is 1. The summed E-state index contributed by atoms with van der Waals surface area (Å²) in [6.07, 6.45) is 5.11. The zero-order valence-corrected chi connectivity index (χ0v) is 12.8. The lowest BCUT2D eigenvalue weighted by atomic mass is 9.77. The van der Waals surface area contributed by atoms with E-state index in [0.717, 1.165) is 27.4 Å². The van der Waals surface area contributed by atoms with E-state index in [1.165, 1.54) is 25.7 Å². The molecule has 106 valence electrons. The van der Waals surface area contributed by atoms with E-state index in [9.17, 15) is 4.79 Å². The lowest BCUT2D eigenvalue weighted by molar-refractivity contribution is -0.136. The topological polar surface area (TPSA) is 50.2 Å². The van der Waals surface area contributed by atoms with E-state index in [-0.39, 0.29) is 6.42 Å². The van der Waals surface area contributed by atoms with Gasteiger partial charge >= 0.3 is 5.97 Å². The number of hydrogen-bond donors (Lipinski definition) is 1. The zero-order chi connectivity index (χ0) is 14.0. The smallest absolute Gasteiger partial charge is 0.308 e. The van der Waals surface area contributed by atoms with Crippen LogP contribution in [-0.2, 0) is 11.2 Å². The van der Waals surface area contributed by atoms with Crippen molar-refractivity contribution in [2.24, 2.45) is 11.8 Å². The number of rotatable bonds is 4. The van der Waals surface area contributed by atoms with Crippen LogP contribution in [0.5, 0.6) is 0 Å². The highest BCUT2D eigenvalue weighted by Crippen LogP contribution is 2.40. The number of nitrogens with zero attached hydrogens (tertiary/aromatic N) is 1. The second kappa shape index (κ2) is 6.04. The molecule has 4 heteroatoms. The molecule has 2 rings (SSSR count). The summed E-state index contributed by atoms with van der Waals surface area (Å²) in [4.78, 5) is 16.3. The van der Waals surface area contributed by atoms with E-state index in [4.69, 9.17) is 5.11 Å². The van der Waals surface area contributed by atoms with Crippen molar-refractivity contribution >= 4 is 17.3 Å². The van der Waals surface area contributed by atoms with Crippen molar-refractivity contribution < 1.29 is 9.90 Å². The van der Waals surface area contributed by atoms with Gasteiger partial charge in [0.25, 0.3) is 0 Å². The Bertz CT molecular complexity index is 445. The standard InChI is InChI=1S/C15H23NO2S/c1-9(2)11-4-6-12(7-5-11)15-16-10(3)13(19-15)8-14(17)18/h9,11-12H,4-8H2,1-3H3,(H,17,18). The first-order valence-corrected chi connectivity index (χ1v) is 7.97. The minimum absolute atomic E-state index is 0.116. The maximum absolute atomic E-state index is 10.8. The van der Waals surface area contributed by atoms with Crippen molar-refractivity contribution in [1.29, 1.82) is 0 Å². The van der Waals surface area contributed by atoms with E-state index in [2.05, 4.69) is 18.8 Å². The summed E-state index contributed by atoms with van der Waals surface area (Å²) in [6, 6.07) is 0. The molecule has 19 heavy (non-hydrogen) atoms. The van der Waals surface area contributed by atoms with Gasteiger partial charge in [0.15, 0.2) is 0 Å². The lowest BCUT2D eigenvalue weighted by Gasteiger charge is -2.29. The molecular formula is C15H23NO2S. The third kappa shape index (κ3) is 3.56. The van der Waals surface area contributed by atoms with Crippen LogP contribution in [0.1, 0.15) is 61.0 Å². The van der Waals surface area contributed by atoms with Crippen molar-refractivity contribution in [2.45, 2.75) is 58.8 Å². The van der Waals surface area contributed by atoms with Gasteiger partial charge in [-0.05, 0) is 44.4 Å². The molecule has 0 saturated heterocycles. The van der Waals surface area contributed by atoms with E-state index >= 15 is 0 Å². The summed E-state index contributed by atoms with van der Waals surface area (Å²) >= 11 is 1.61. The van der Waals surface area contributed by atoms with Gasteiger partial charge in [0.1, 0.15) is 0 Å². The highest BCUT2D eigenvalue weighted by Gasteiger charge is 2.26.